The summed E-state index contributed by atoms with van der Waals surface area (Å²) in [7, 11) is 0. The summed E-state index contributed by atoms with van der Waals surface area (Å²) >= 11 is 0. The molecule has 2 heterocycles. The highest BCUT2D eigenvalue weighted by Gasteiger charge is 2.32. The molecule has 1 aliphatic carbocycles. The number of nitrogens with one attached hydrogen (secondary N) is 3. The molecular weight excluding hydrogens is 560 g/mol. The van der Waals surface area contributed by atoms with Crippen LogP contribution in [0.25, 0.3) is 0 Å². The Bertz CT molecular complexity index is 1240. The summed E-state index contributed by atoms with van der Waals surface area (Å²) in [5, 5.41) is 12.3. The van der Waals surface area contributed by atoms with Crippen molar-refractivity contribution in [1.82, 2.24) is 26.0 Å². The van der Waals surface area contributed by atoms with Crippen LogP contribution in [0, 0.1) is 17.8 Å². The highest BCUT2D eigenvalue weighted by atomic mass is 16.5. The number of benzene rings is 1. The molecule has 5 N–H and O–H groups in total. The topological polar surface area (TPSA) is 160 Å². The summed E-state index contributed by atoms with van der Waals surface area (Å²) in [6.07, 6.45) is 9.75. The van der Waals surface area contributed by atoms with Gasteiger partial charge in [0.2, 0.25) is 17.6 Å². The molecular formula is C33H48N6O5. The van der Waals surface area contributed by atoms with Gasteiger partial charge in [-0.1, -0.05) is 69.7 Å². The molecule has 11 nitrogen and oxygen atoms in total. The van der Waals surface area contributed by atoms with Gasteiger partial charge in [0, 0.05) is 31.3 Å². The highest BCUT2D eigenvalue weighted by molar-refractivity contribution is 5.97. The van der Waals surface area contributed by atoms with Gasteiger partial charge in [0.05, 0.1) is 6.20 Å². The smallest absolute Gasteiger partial charge is 0.290 e. The van der Waals surface area contributed by atoms with Gasteiger partial charge in [-0.3, -0.25) is 19.2 Å². The molecule has 1 aromatic heterocycles. The molecule has 4 amide bonds. The zero-order valence-corrected chi connectivity index (χ0v) is 26.1. The van der Waals surface area contributed by atoms with Crippen LogP contribution in [-0.2, 0) is 16.1 Å². The lowest BCUT2D eigenvalue weighted by Crippen LogP contribution is -2.56. The fourth-order valence-electron chi connectivity index (χ4n) is 6.17. The van der Waals surface area contributed by atoms with Crippen molar-refractivity contribution in [3.8, 4) is 0 Å². The molecule has 0 spiro atoms. The van der Waals surface area contributed by atoms with Gasteiger partial charge < -0.3 is 31.1 Å². The van der Waals surface area contributed by atoms with Crippen molar-refractivity contribution in [3.05, 3.63) is 53.4 Å². The number of carbonyl (C=O) groups is 4. The number of amides is 4. The van der Waals surface area contributed by atoms with Crippen LogP contribution in [-0.4, -0.2) is 65.4 Å². The Morgan fingerprint density at radius 2 is 1.75 bits per heavy atom. The predicted octanol–water partition coefficient (Wildman–Crippen LogP) is 3.40. The summed E-state index contributed by atoms with van der Waals surface area (Å²) in [4.78, 5) is 54.9. The van der Waals surface area contributed by atoms with Gasteiger partial charge in [-0.25, -0.2) is 0 Å². The average Bonchev–Trinajstić information content (AvgIpc) is 3.61. The van der Waals surface area contributed by atoms with Gasteiger partial charge in [-0.05, 0) is 61.3 Å². The molecule has 44 heavy (non-hydrogen) atoms. The first-order chi connectivity index (χ1) is 21.3. The van der Waals surface area contributed by atoms with Crippen LogP contribution in [0.1, 0.15) is 98.1 Å². The molecule has 0 radical (unpaired) electrons. The minimum Gasteiger partial charge on any atom is -0.351 e. The van der Waals surface area contributed by atoms with E-state index >= 15 is 0 Å². The van der Waals surface area contributed by atoms with Gasteiger partial charge in [0.25, 0.3) is 11.8 Å². The maximum absolute atomic E-state index is 13.6. The van der Waals surface area contributed by atoms with Crippen molar-refractivity contribution < 1.29 is 23.7 Å². The number of hydrogen-bond acceptors (Lipinski definition) is 7. The van der Waals surface area contributed by atoms with Crippen molar-refractivity contribution in [2.75, 3.05) is 19.6 Å². The normalized spacial score (nSPS) is 18.2. The summed E-state index contributed by atoms with van der Waals surface area (Å²) in [5.41, 5.74) is 7.18. The minimum atomic E-state index is -0.812. The third-order valence-electron chi connectivity index (χ3n) is 9.25. The molecule has 240 valence electrons. The van der Waals surface area contributed by atoms with Gasteiger partial charge in [0.15, 0.2) is 0 Å². The van der Waals surface area contributed by atoms with Crippen molar-refractivity contribution in [2.24, 2.45) is 23.5 Å². The first-order valence-corrected chi connectivity index (χ1v) is 16.2. The van der Waals surface area contributed by atoms with E-state index < -0.39 is 23.9 Å². The Morgan fingerprint density at radius 3 is 2.41 bits per heavy atom. The maximum atomic E-state index is 13.6. The number of likely N-dealkylation sites (tertiary alicyclic amines) is 1. The Labute approximate surface area is 260 Å². The van der Waals surface area contributed by atoms with Crippen LogP contribution in [0.5, 0.6) is 0 Å². The van der Waals surface area contributed by atoms with Crippen LogP contribution in [0.2, 0.25) is 0 Å². The molecule has 11 heteroatoms. The number of piperidine rings is 1. The number of nitrogens with zero attached hydrogens (tertiary/aromatic N) is 2. The molecule has 2 aliphatic rings. The van der Waals surface area contributed by atoms with E-state index in [0.29, 0.717) is 49.9 Å². The molecule has 1 aromatic carbocycles. The van der Waals surface area contributed by atoms with Gasteiger partial charge >= 0.3 is 0 Å². The average molecular weight is 609 g/mol. The number of hydrogen-bond donors (Lipinski definition) is 4. The number of carbonyl (C=O) groups excluding carboxylic acids is 4. The fourth-order valence-corrected chi connectivity index (χ4v) is 6.17. The van der Waals surface area contributed by atoms with Crippen LogP contribution in [0.3, 0.4) is 0 Å². The maximum Gasteiger partial charge on any atom is 0.290 e. The number of aromatic nitrogens is 1. The highest BCUT2D eigenvalue weighted by Crippen LogP contribution is 2.28. The van der Waals surface area contributed by atoms with Crippen LogP contribution < -0.4 is 21.7 Å². The van der Waals surface area contributed by atoms with E-state index in [4.69, 9.17) is 10.3 Å². The fraction of sp³-hybridized carbons (Fsp3) is 0.606. The van der Waals surface area contributed by atoms with E-state index in [-0.39, 0.29) is 30.0 Å². The summed E-state index contributed by atoms with van der Waals surface area (Å²) in [5.74, 6) is -0.580. The van der Waals surface area contributed by atoms with E-state index in [9.17, 15) is 19.2 Å². The molecule has 2 fully saturated rings. The first-order valence-electron chi connectivity index (χ1n) is 16.2. The minimum absolute atomic E-state index is 0.0187. The third kappa shape index (κ3) is 9.14. The van der Waals surface area contributed by atoms with Crippen molar-refractivity contribution >= 4 is 23.6 Å². The van der Waals surface area contributed by atoms with Crippen molar-refractivity contribution in [2.45, 2.75) is 90.3 Å². The zero-order chi connectivity index (χ0) is 31.5. The van der Waals surface area contributed by atoms with Crippen LogP contribution in [0.4, 0.5) is 0 Å². The van der Waals surface area contributed by atoms with Crippen LogP contribution in [0.15, 0.2) is 41.1 Å². The van der Waals surface area contributed by atoms with Gasteiger partial charge in [0.1, 0.15) is 12.1 Å². The number of rotatable bonds is 13. The molecule has 1 saturated heterocycles. The van der Waals surface area contributed by atoms with Gasteiger partial charge in [-0.2, -0.15) is 0 Å². The second-order valence-corrected chi connectivity index (χ2v) is 12.4. The molecule has 1 aliphatic heterocycles. The molecule has 0 bridgehead atoms. The summed E-state index contributed by atoms with van der Waals surface area (Å²) in [6.45, 7) is 6.13. The molecule has 2 aromatic rings. The summed E-state index contributed by atoms with van der Waals surface area (Å²) < 4.78 is 5.00. The Morgan fingerprint density at radius 1 is 1.00 bits per heavy atom. The quantitative estimate of drug-likeness (QED) is 0.271. The van der Waals surface area contributed by atoms with E-state index in [1.807, 2.05) is 36.9 Å². The zero-order valence-electron chi connectivity index (χ0n) is 26.1. The number of nitrogens with two attached hydrogens (primary N) is 1. The molecule has 3 atom stereocenters. The molecule has 1 saturated carbocycles. The van der Waals surface area contributed by atoms with E-state index in [1.54, 1.807) is 6.07 Å². The lowest BCUT2D eigenvalue weighted by atomic mass is 9.84. The first kappa shape index (κ1) is 33.2. The molecule has 1 unspecified atom stereocenters. The van der Waals surface area contributed by atoms with E-state index in [1.165, 1.54) is 18.7 Å². The third-order valence-corrected chi connectivity index (χ3v) is 9.25. The van der Waals surface area contributed by atoms with Crippen molar-refractivity contribution in [1.29, 1.82) is 0 Å². The standard InChI is InChI=1S/C33H48N6O5/c1-3-22(2)29(38-30(40)27(19-23-8-5-4-6-9-23)37-31(41)28-12-15-36-44-28)32(42)35-21-25-10-7-11-26(18-25)33(43)39-16-13-24(20-34)14-17-39/h7,10-12,15,18,22-24,27,29H,3-6,8-9,13-14,16-17,19-21,34H2,1-2H3,(H,35,42)(H,37,41)(H,38,40)/t22?,27-,29-/m0/s1. The second kappa shape index (κ2) is 16.4. The Hall–Kier alpha value is -3.73. The summed E-state index contributed by atoms with van der Waals surface area (Å²) in [6, 6.07) is 7.14. The molecule has 4 rings (SSSR count). The van der Waals surface area contributed by atoms with Crippen molar-refractivity contribution in [3.63, 3.8) is 0 Å². The Balaban J connectivity index is 1.39. The lowest BCUT2D eigenvalue weighted by Gasteiger charge is -2.31. The van der Waals surface area contributed by atoms with E-state index in [0.717, 1.165) is 44.1 Å². The van der Waals surface area contributed by atoms with E-state index in [2.05, 4.69) is 21.1 Å². The second-order valence-electron chi connectivity index (χ2n) is 12.4. The SMILES string of the molecule is CCC(C)[C@H](NC(=O)[C@H](CC1CCCCC1)NC(=O)c1ccno1)C(=O)NCc1cccc(C(=O)N2CCC(CN)CC2)c1. The monoisotopic (exact) mass is 608 g/mol. The van der Waals surface area contributed by atoms with Gasteiger partial charge in [-0.15, -0.1) is 0 Å². The van der Waals surface area contributed by atoms with Crippen LogP contribution >= 0.6 is 0 Å². The largest absolute Gasteiger partial charge is 0.351 e. The Kier molecular flexibility index (Phi) is 12.3. The lowest BCUT2D eigenvalue weighted by molar-refractivity contribution is -0.131. The predicted molar refractivity (Wildman–Crippen MR) is 166 cm³/mol.